The molecule has 0 unspecified atom stereocenters. The van der Waals surface area contributed by atoms with Crippen LogP contribution in [0.2, 0.25) is 0 Å². The summed E-state index contributed by atoms with van der Waals surface area (Å²) in [6, 6.07) is 12.6. The van der Waals surface area contributed by atoms with Crippen molar-refractivity contribution < 1.29 is 23.2 Å². The van der Waals surface area contributed by atoms with Gasteiger partial charge in [0.05, 0.1) is 28.6 Å². The van der Waals surface area contributed by atoms with E-state index in [2.05, 4.69) is 9.72 Å². The molecule has 0 radical (unpaired) electrons. The number of pyridine rings is 1. The Morgan fingerprint density at radius 2 is 1.93 bits per heavy atom. The van der Waals surface area contributed by atoms with E-state index in [4.69, 9.17) is 4.74 Å². The topological polar surface area (TPSA) is 74.5 Å². The summed E-state index contributed by atoms with van der Waals surface area (Å²) in [7, 11) is 1.36. The van der Waals surface area contributed by atoms with Crippen molar-refractivity contribution in [2.24, 2.45) is 0 Å². The van der Waals surface area contributed by atoms with Crippen molar-refractivity contribution in [3.05, 3.63) is 69.9 Å². The van der Waals surface area contributed by atoms with Crippen molar-refractivity contribution in [1.29, 1.82) is 0 Å². The van der Waals surface area contributed by atoms with Gasteiger partial charge in [-0.05, 0) is 42.0 Å². The number of nitrogens with zero attached hydrogens (tertiary/aromatic N) is 2. The highest BCUT2D eigenvalue weighted by Crippen LogP contribution is 2.30. The average molecular weight is 372 g/mol. The first-order chi connectivity index (χ1) is 13.0. The van der Waals surface area contributed by atoms with Gasteiger partial charge in [-0.1, -0.05) is 18.2 Å². The summed E-state index contributed by atoms with van der Waals surface area (Å²) in [5.74, 6) is 0.125. The quantitative estimate of drug-likeness (QED) is 0.453. The SMILES string of the molecule is COc1ccc(/C=C/c2ccc3c([N+](=O)[O-])cccc3n2)cc1OC(F)F. The molecular formula is C19H14F2N2O4. The number of ether oxygens (including phenoxy) is 2. The molecule has 1 aromatic heterocycles. The van der Waals surface area contributed by atoms with Crippen LogP contribution in [0.3, 0.4) is 0 Å². The first kappa shape index (κ1) is 18.2. The minimum Gasteiger partial charge on any atom is -0.493 e. The number of hydrogen-bond donors (Lipinski definition) is 0. The maximum atomic E-state index is 12.5. The second-order valence-electron chi connectivity index (χ2n) is 5.46. The monoisotopic (exact) mass is 372 g/mol. The van der Waals surface area contributed by atoms with E-state index in [9.17, 15) is 18.9 Å². The molecule has 0 bridgehead atoms. The van der Waals surface area contributed by atoms with E-state index in [-0.39, 0.29) is 17.2 Å². The fraction of sp³-hybridized carbons (Fsp3) is 0.105. The lowest BCUT2D eigenvalue weighted by Gasteiger charge is -2.10. The van der Waals surface area contributed by atoms with Crippen molar-refractivity contribution in [3.8, 4) is 11.5 Å². The number of alkyl halides is 2. The maximum absolute atomic E-state index is 12.5. The molecule has 0 saturated heterocycles. The van der Waals surface area contributed by atoms with Gasteiger partial charge in [0.1, 0.15) is 0 Å². The molecule has 27 heavy (non-hydrogen) atoms. The van der Waals surface area contributed by atoms with Gasteiger partial charge in [0, 0.05) is 6.07 Å². The van der Waals surface area contributed by atoms with Crippen LogP contribution in [0.15, 0.2) is 48.5 Å². The molecular weight excluding hydrogens is 358 g/mol. The zero-order chi connectivity index (χ0) is 19.4. The van der Waals surface area contributed by atoms with Crippen molar-refractivity contribution in [2.75, 3.05) is 7.11 Å². The number of methoxy groups -OCH3 is 1. The predicted octanol–water partition coefficient (Wildman–Crippen LogP) is 4.92. The minimum absolute atomic E-state index is 0.0144. The molecule has 0 aliphatic heterocycles. The van der Waals surface area contributed by atoms with E-state index in [1.807, 2.05) is 0 Å². The van der Waals surface area contributed by atoms with E-state index in [0.29, 0.717) is 22.2 Å². The Morgan fingerprint density at radius 3 is 2.63 bits per heavy atom. The third-order valence-corrected chi connectivity index (χ3v) is 3.78. The molecule has 0 aliphatic rings. The summed E-state index contributed by atoms with van der Waals surface area (Å²) >= 11 is 0. The molecule has 0 atom stereocenters. The minimum atomic E-state index is -2.96. The first-order valence-electron chi connectivity index (χ1n) is 7.83. The van der Waals surface area contributed by atoms with E-state index < -0.39 is 11.5 Å². The van der Waals surface area contributed by atoms with Crippen molar-refractivity contribution >= 4 is 28.7 Å². The van der Waals surface area contributed by atoms with Crippen LogP contribution < -0.4 is 9.47 Å². The van der Waals surface area contributed by atoms with Gasteiger partial charge in [-0.3, -0.25) is 10.1 Å². The molecule has 8 heteroatoms. The molecule has 3 rings (SSSR count). The Labute approximate surface area is 152 Å². The lowest BCUT2D eigenvalue weighted by Crippen LogP contribution is -2.03. The van der Waals surface area contributed by atoms with Crippen LogP contribution in [0.1, 0.15) is 11.3 Å². The number of fused-ring (bicyclic) bond motifs is 1. The number of nitro groups is 1. The average Bonchev–Trinajstić information content (AvgIpc) is 2.65. The Morgan fingerprint density at radius 1 is 1.11 bits per heavy atom. The van der Waals surface area contributed by atoms with Crippen molar-refractivity contribution in [2.45, 2.75) is 6.61 Å². The molecule has 6 nitrogen and oxygen atoms in total. The highest BCUT2D eigenvalue weighted by molar-refractivity contribution is 5.89. The summed E-state index contributed by atoms with van der Waals surface area (Å²) in [5.41, 5.74) is 1.64. The largest absolute Gasteiger partial charge is 0.493 e. The zero-order valence-corrected chi connectivity index (χ0v) is 14.1. The number of hydrogen-bond acceptors (Lipinski definition) is 5. The molecule has 138 valence electrons. The summed E-state index contributed by atoms with van der Waals surface area (Å²) < 4.78 is 34.5. The van der Waals surface area contributed by atoms with E-state index in [0.717, 1.165) is 0 Å². The van der Waals surface area contributed by atoms with Crippen LogP contribution in [0.5, 0.6) is 11.5 Å². The molecule has 0 N–H and O–H groups in total. The molecule has 3 aromatic rings. The van der Waals surface area contributed by atoms with Crippen molar-refractivity contribution in [1.82, 2.24) is 4.98 Å². The standard InChI is InChI=1S/C19H14F2N2O4/c1-26-17-10-6-12(11-18(17)27-19(20)21)5-7-13-8-9-14-15(22-13)3-2-4-16(14)23(24)25/h2-11,19H,1H3/b7-5+. The van der Waals surface area contributed by atoms with E-state index >= 15 is 0 Å². The highest BCUT2D eigenvalue weighted by atomic mass is 19.3. The van der Waals surface area contributed by atoms with Crippen LogP contribution in [0.4, 0.5) is 14.5 Å². The fourth-order valence-corrected chi connectivity index (χ4v) is 2.57. The van der Waals surface area contributed by atoms with Crippen LogP contribution in [0, 0.1) is 10.1 Å². The van der Waals surface area contributed by atoms with Crippen LogP contribution >= 0.6 is 0 Å². The Kier molecular flexibility index (Phi) is 5.25. The molecule has 0 aliphatic carbocycles. The molecule has 0 saturated carbocycles. The van der Waals surface area contributed by atoms with Crippen LogP contribution in [-0.4, -0.2) is 23.6 Å². The van der Waals surface area contributed by atoms with Gasteiger partial charge in [0.25, 0.3) is 5.69 Å². The normalized spacial score (nSPS) is 11.3. The van der Waals surface area contributed by atoms with Gasteiger partial charge >= 0.3 is 6.61 Å². The summed E-state index contributed by atoms with van der Waals surface area (Å²) in [5, 5.41) is 11.5. The van der Waals surface area contributed by atoms with Crippen LogP contribution in [-0.2, 0) is 0 Å². The van der Waals surface area contributed by atoms with E-state index in [1.54, 1.807) is 42.5 Å². The lowest BCUT2D eigenvalue weighted by molar-refractivity contribution is -0.383. The molecule has 1 heterocycles. The van der Waals surface area contributed by atoms with Crippen molar-refractivity contribution in [3.63, 3.8) is 0 Å². The molecule has 0 spiro atoms. The Hall–Kier alpha value is -3.55. The second-order valence-corrected chi connectivity index (χ2v) is 5.46. The summed E-state index contributed by atoms with van der Waals surface area (Å²) in [4.78, 5) is 15.0. The fourth-order valence-electron chi connectivity index (χ4n) is 2.57. The van der Waals surface area contributed by atoms with Gasteiger partial charge in [-0.15, -0.1) is 0 Å². The predicted molar refractivity (Wildman–Crippen MR) is 97.0 cm³/mol. The number of nitro benzene ring substituents is 1. The highest BCUT2D eigenvalue weighted by Gasteiger charge is 2.12. The smallest absolute Gasteiger partial charge is 0.387 e. The van der Waals surface area contributed by atoms with Gasteiger partial charge in [0.2, 0.25) is 0 Å². The third-order valence-electron chi connectivity index (χ3n) is 3.78. The Bertz CT molecular complexity index is 1020. The van der Waals surface area contributed by atoms with Gasteiger partial charge in [-0.25, -0.2) is 4.98 Å². The van der Waals surface area contributed by atoms with Gasteiger partial charge in [0.15, 0.2) is 11.5 Å². The number of halogens is 2. The maximum Gasteiger partial charge on any atom is 0.387 e. The third kappa shape index (κ3) is 4.17. The molecule has 2 aromatic carbocycles. The summed E-state index contributed by atoms with van der Waals surface area (Å²) in [6.07, 6.45) is 3.34. The number of non-ortho nitro benzene ring substituents is 1. The first-order valence-corrected chi connectivity index (χ1v) is 7.83. The lowest BCUT2D eigenvalue weighted by atomic mass is 10.1. The summed E-state index contributed by atoms with van der Waals surface area (Å²) in [6.45, 7) is -2.96. The molecule has 0 amide bonds. The second kappa shape index (κ2) is 7.77. The van der Waals surface area contributed by atoms with Crippen LogP contribution in [0.25, 0.3) is 23.1 Å². The number of aromatic nitrogens is 1. The Balaban J connectivity index is 1.90. The molecule has 0 fully saturated rings. The number of benzene rings is 2. The zero-order valence-electron chi connectivity index (χ0n) is 14.1. The van der Waals surface area contributed by atoms with Gasteiger partial charge < -0.3 is 9.47 Å². The van der Waals surface area contributed by atoms with E-state index in [1.165, 1.54) is 25.3 Å². The number of rotatable bonds is 6. The van der Waals surface area contributed by atoms with Gasteiger partial charge in [-0.2, -0.15) is 8.78 Å².